The summed E-state index contributed by atoms with van der Waals surface area (Å²) >= 11 is 0. The number of rotatable bonds is 7. The number of aliphatic hydroxyl groups is 3. The second-order valence-corrected chi connectivity index (χ2v) is 13.4. The zero-order valence-electron chi connectivity index (χ0n) is 25.2. The summed E-state index contributed by atoms with van der Waals surface area (Å²) < 4.78 is 0. The van der Waals surface area contributed by atoms with E-state index in [1.54, 1.807) is 34.3 Å². The molecule has 1 saturated carbocycles. The average Bonchev–Trinajstić information content (AvgIpc) is 2.84. The van der Waals surface area contributed by atoms with Crippen molar-refractivity contribution in [1.29, 1.82) is 0 Å². The van der Waals surface area contributed by atoms with E-state index in [0.29, 0.717) is 23.2 Å². The van der Waals surface area contributed by atoms with E-state index in [9.17, 15) is 39.6 Å². The van der Waals surface area contributed by atoms with Gasteiger partial charge in [0.25, 0.3) is 5.91 Å². The standard InChI is InChI=1S/C31H41N3O8/c1-30(2,3)13-16(35)9-8-14-12-19(33(4)5)17-10-15-11-18-23(34(6)7)26(38)22(29(32)41)28(40)31(18,42)27(39)20(15)25(37)21(17)24(14)36/h12,15,18,23,36-37,40,42H,8-11,13H2,1-7H3,(H2,32,41)/t15-,18-,23-,31-/m0/s1. The van der Waals surface area contributed by atoms with Crippen molar-refractivity contribution >= 4 is 34.7 Å². The molecule has 0 aromatic heterocycles. The number of anilines is 1. The van der Waals surface area contributed by atoms with Crippen LogP contribution in [0.1, 0.15) is 56.7 Å². The number of ketones is 3. The van der Waals surface area contributed by atoms with Gasteiger partial charge < -0.3 is 31.1 Å². The minimum atomic E-state index is -2.69. The van der Waals surface area contributed by atoms with Crippen molar-refractivity contribution in [2.45, 2.75) is 64.5 Å². The van der Waals surface area contributed by atoms with Crippen LogP contribution >= 0.6 is 0 Å². The molecule has 0 aliphatic heterocycles. The van der Waals surface area contributed by atoms with Gasteiger partial charge in [-0.25, -0.2) is 0 Å². The van der Waals surface area contributed by atoms with E-state index in [1.165, 1.54) is 4.90 Å². The van der Waals surface area contributed by atoms with Crippen molar-refractivity contribution in [3.63, 3.8) is 0 Å². The molecular formula is C31H41N3O8. The lowest BCUT2D eigenvalue weighted by Crippen LogP contribution is -2.65. The maximum absolute atomic E-state index is 14.1. The SMILES string of the molecule is CN(C)c1cc(CCC(=O)CC(C)(C)C)c(O)c2c1C[C@H]1C[C@H]3[C@H](N(C)C)C(=O)C(C(N)=O)=C(O)[C@@]3(O)C(=O)C1=C2O. The Kier molecular flexibility index (Phi) is 7.84. The molecule has 1 aromatic carbocycles. The Morgan fingerprint density at radius 3 is 2.24 bits per heavy atom. The van der Waals surface area contributed by atoms with E-state index in [0.717, 1.165) is 0 Å². The molecule has 42 heavy (non-hydrogen) atoms. The van der Waals surface area contributed by atoms with Gasteiger partial charge in [0.05, 0.1) is 11.6 Å². The number of carbonyl (C=O) groups is 4. The van der Waals surface area contributed by atoms with Gasteiger partial charge in [-0.3, -0.25) is 24.1 Å². The first-order valence-electron chi connectivity index (χ1n) is 14.0. The van der Waals surface area contributed by atoms with Crippen LogP contribution in [0.3, 0.4) is 0 Å². The van der Waals surface area contributed by atoms with Gasteiger partial charge in [-0.2, -0.15) is 0 Å². The van der Waals surface area contributed by atoms with Crippen LogP contribution in [0, 0.1) is 17.3 Å². The molecule has 11 heteroatoms. The predicted octanol–water partition coefficient (Wildman–Crippen LogP) is 1.97. The number of phenolic OH excluding ortho intramolecular Hbond substituents is 1. The van der Waals surface area contributed by atoms with Crippen molar-refractivity contribution in [1.82, 2.24) is 4.90 Å². The number of Topliss-reactive ketones (excluding diaryl/α,β-unsaturated/α-hetero) is 3. The Bertz CT molecular complexity index is 1450. The molecule has 3 aliphatic rings. The highest BCUT2D eigenvalue weighted by molar-refractivity contribution is 6.24. The lowest BCUT2D eigenvalue weighted by molar-refractivity contribution is -0.153. The molecule has 6 N–H and O–H groups in total. The highest BCUT2D eigenvalue weighted by atomic mass is 16.3. The monoisotopic (exact) mass is 583 g/mol. The fourth-order valence-corrected chi connectivity index (χ4v) is 6.89. The molecule has 1 aromatic rings. The number of phenols is 1. The molecule has 0 bridgehead atoms. The van der Waals surface area contributed by atoms with E-state index < -0.39 is 58.0 Å². The molecule has 3 aliphatic carbocycles. The second kappa shape index (κ2) is 10.5. The number of benzene rings is 1. The van der Waals surface area contributed by atoms with Crippen molar-refractivity contribution < 1.29 is 39.6 Å². The third kappa shape index (κ3) is 4.88. The summed E-state index contributed by atoms with van der Waals surface area (Å²) in [6.07, 6.45) is 0.955. The summed E-state index contributed by atoms with van der Waals surface area (Å²) in [6.45, 7) is 5.90. The Morgan fingerprint density at radius 1 is 1.10 bits per heavy atom. The number of nitrogens with zero attached hydrogens (tertiary/aromatic N) is 2. The molecule has 0 spiro atoms. The normalized spacial score (nSPS) is 25.8. The molecule has 0 heterocycles. The zero-order chi connectivity index (χ0) is 31.6. The maximum atomic E-state index is 14.1. The Morgan fingerprint density at radius 2 is 1.71 bits per heavy atom. The largest absolute Gasteiger partial charge is 0.508 e. The number of amides is 1. The number of aliphatic hydroxyl groups excluding tert-OH is 2. The summed E-state index contributed by atoms with van der Waals surface area (Å²) in [5.74, 6) is -6.84. The number of fused-ring (bicyclic) bond motifs is 3. The van der Waals surface area contributed by atoms with Crippen LogP contribution in [0.2, 0.25) is 0 Å². The van der Waals surface area contributed by atoms with E-state index >= 15 is 0 Å². The van der Waals surface area contributed by atoms with Gasteiger partial charge in [-0.15, -0.1) is 0 Å². The topological polar surface area (TPSA) is 182 Å². The van der Waals surface area contributed by atoms with Gasteiger partial charge in [0.2, 0.25) is 5.78 Å². The summed E-state index contributed by atoms with van der Waals surface area (Å²) in [5, 5.41) is 45.8. The van der Waals surface area contributed by atoms with Crippen molar-refractivity contribution in [3.8, 4) is 5.75 Å². The first-order valence-corrected chi connectivity index (χ1v) is 14.0. The Labute approximate surface area is 245 Å². The molecule has 1 amide bonds. The first-order chi connectivity index (χ1) is 19.3. The van der Waals surface area contributed by atoms with Gasteiger partial charge >= 0.3 is 0 Å². The van der Waals surface area contributed by atoms with Crippen LogP contribution in [0.5, 0.6) is 5.75 Å². The molecule has 0 unspecified atom stereocenters. The van der Waals surface area contributed by atoms with Crippen LogP contribution < -0.4 is 10.6 Å². The van der Waals surface area contributed by atoms with Gasteiger partial charge in [0, 0.05) is 44.1 Å². The maximum Gasteiger partial charge on any atom is 0.255 e. The van der Waals surface area contributed by atoms with Crippen molar-refractivity contribution in [2.75, 3.05) is 33.1 Å². The third-order valence-electron chi connectivity index (χ3n) is 8.66. The summed E-state index contributed by atoms with van der Waals surface area (Å²) in [5.41, 5.74) is 3.14. The Hall–Kier alpha value is -3.70. The fourth-order valence-electron chi connectivity index (χ4n) is 6.89. The highest BCUT2D eigenvalue weighted by Crippen LogP contribution is 2.54. The number of aryl methyl sites for hydroxylation is 1. The quantitative estimate of drug-likeness (QED) is 0.298. The molecule has 4 atom stereocenters. The summed E-state index contributed by atoms with van der Waals surface area (Å²) in [6, 6.07) is 0.635. The van der Waals surface area contributed by atoms with E-state index in [1.807, 2.05) is 25.7 Å². The minimum Gasteiger partial charge on any atom is -0.508 e. The number of aromatic hydroxyl groups is 1. The van der Waals surface area contributed by atoms with Crippen LogP contribution in [-0.2, 0) is 32.0 Å². The van der Waals surface area contributed by atoms with Gasteiger partial charge in [-0.1, -0.05) is 20.8 Å². The summed E-state index contributed by atoms with van der Waals surface area (Å²) in [7, 11) is 6.73. The molecule has 0 radical (unpaired) electrons. The first kappa shape index (κ1) is 31.2. The van der Waals surface area contributed by atoms with Crippen molar-refractivity contribution in [2.24, 2.45) is 23.0 Å². The highest BCUT2D eigenvalue weighted by Gasteiger charge is 2.64. The third-order valence-corrected chi connectivity index (χ3v) is 8.66. The summed E-state index contributed by atoms with van der Waals surface area (Å²) in [4.78, 5) is 55.4. The number of hydrogen-bond donors (Lipinski definition) is 5. The van der Waals surface area contributed by atoms with Crippen LogP contribution in [0.4, 0.5) is 5.69 Å². The number of carbonyl (C=O) groups excluding carboxylic acids is 4. The van der Waals surface area contributed by atoms with E-state index in [2.05, 4.69) is 0 Å². The predicted molar refractivity (Wildman–Crippen MR) is 156 cm³/mol. The molecule has 0 saturated heterocycles. The van der Waals surface area contributed by atoms with Crippen LogP contribution in [-0.4, -0.2) is 88.4 Å². The second-order valence-electron chi connectivity index (χ2n) is 13.4. The van der Waals surface area contributed by atoms with Gasteiger partial charge in [0.1, 0.15) is 28.6 Å². The van der Waals surface area contributed by atoms with Crippen LogP contribution in [0.15, 0.2) is 23.0 Å². The number of nitrogens with two attached hydrogens (primary N) is 1. The zero-order valence-corrected chi connectivity index (χ0v) is 25.2. The average molecular weight is 584 g/mol. The van der Waals surface area contributed by atoms with Gasteiger partial charge in [-0.05, 0) is 61.9 Å². The molecule has 1 fully saturated rings. The molecular weight excluding hydrogens is 542 g/mol. The number of primary amides is 1. The lowest BCUT2D eigenvalue weighted by atomic mass is 9.57. The molecule has 4 rings (SSSR count). The fraction of sp³-hybridized carbons (Fsp3) is 0.548. The van der Waals surface area contributed by atoms with E-state index in [4.69, 9.17) is 5.73 Å². The van der Waals surface area contributed by atoms with Crippen molar-refractivity contribution in [3.05, 3.63) is 39.7 Å². The number of likely N-dealkylation sites (N-methyl/N-ethyl adjacent to an activating group) is 1. The van der Waals surface area contributed by atoms with E-state index in [-0.39, 0.29) is 53.8 Å². The minimum absolute atomic E-state index is 0.0163. The lowest BCUT2D eigenvalue weighted by Gasteiger charge is -2.50. The van der Waals surface area contributed by atoms with Gasteiger partial charge in [0.15, 0.2) is 11.4 Å². The smallest absolute Gasteiger partial charge is 0.255 e. The number of hydrogen-bond acceptors (Lipinski definition) is 10. The molecule has 11 nitrogen and oxygen atoms in total. The van der Waals surface area contributed by atoms with Crippen LogP contribution in [0.25, 0.3) is 5.76 Å². The molecule has 228 valence electrons. The Balaban J connectivity index is 1.88.